The Morgan fingerprint density at radius 1 is 1.47 bits per heavy atom. The van der Waals surface area contributed by atoms with Gasteiger partial charge in [-0.05, 0) is 33.1 Å². The number of esters is 1. The molecule has 0 aromatic carbocycles. The molecule has 2 N–H and O–H groups in total. The van der Waals surface area contributed by atoms with Gasteiger partial charge in [0.05, 0.1) is 13.2 Å². The van der Waals surface area contributed by atoms with E-state index in [0.29, 0.717) is 37.6 Å². The Balaban J connectivity index is 2.51. The van der Waals surface area contributed by atoms with Gasteiger partial charge in [0.15, 0.2) is 0 Å². The maximum Gasteiger partial charge on any atom is 0.306 e. The molecule has 1 rings (SSSR count). The minimum atomic E-state index is -0.0981. The van der Waals surface area contributed by atoms with Crippen molar-refractivity contribution >= 4 is 5.97 Å². The first-order chi connectivity index (χ1) is 9.06. The lowest BCUT2D eigenvalue weighted by molar-refractivity contribution is -0.144. The largest absolute Gasteiger partial charge is 0.466 e. The highest BCUT2D eigenvalue weighted by Gasteiger charge is 2.29. The summed E-state index contributed by atoms with van der Waals surface area (Å²) in [5, 5.41) is 12.3. The molecule has 0 radical (unpaired) electrons. The molecule has 19 heavy (non-hydrogen) atoms. The Labute approximate surface area is 116 Å². The van der Waals surface area contributed by atoms with Gasteiger partial charge in [0.1, 0.15) is 0 Å². The molecule has 1 saturated heterocycles. The van der Waals surface area contributed by atoms with Crippen LogP contribution in [0.3, 0.4) is 0 Å². The van der Waals surface area contributed by atoms with Gasteiger partial charge < -0.3 is 15.2 Å². The molecule has 1 heterocycles. The van der Waals surface area contributed by atoms with Gasteiger partial charge in [-0.25, -0.2) is 0 Å². The molecule has 2 unspecified atom stereocenters. The second-order valence-electron chi connectivity index (χ2n) is 5.53. The molecule has 0 aliphatic carbocycles. The third-order valence-electron chi connectivity index (χ3n) is 3.60. The molecule has 0 amide bonds. The van der Waals surface area contributed by atoms with Gasteiger partial charge in [0.25, 0.3) is 0 Å². The van der Waals surface area contributed by atoms with Crippen LogP contribution in [-0.2, 0) is 9.53 Å². The molecule has 112 valence electrons. The van der Waals surface area contributed by atoms with Crippen molar-refractivity contribution in [2.75, 3.05) is 32.8 Å². The molecule has 5 nitrogen and oxygen atoms in total. The van der Waals surface area contributed by atoms with E-state index in [2.05, 4.69) is 24.1 Å². The zero-order valence-corrected chi connectivity index (χ0v) is 12.4. The van der Waals surface area contributed by atoms with Crippen molar-refractivity contribution in [3.05, 3.63) is 0 Å². The monoisotopic (exact) mass is 272 g/mol. The maximum atomic E-state index is 11.6. The predicted octanol–water partition coefficient (Wildman–Crippen LogP) is 0.620. The Morgan fingerprint density at radius 2 is 2.21 bits per heavy atom. The number of nitrogens with zero attached hydrogens (tertiary/aromatic N) is 1. The third-order valence-corrected chi connectivity index (χ3v) is 3.60. The van der Waals surface area contributed by atoms with Gasteiger partial charge >= 0.3 is 5.97 Å². The van der Waals surface area contributed by atoms with E-state index in [1.165, 1.54) is 0 Å². The summed E-state index contributed by atoms with van der Waals surface area (Å²) in [6.07, 6.45) is 1.47. The maximum absolute atomic E-state index is 11.6. The Kier molecular flexibility index (Phi) is 7.34. The van der Waals surface area contributed by atoms with Gasteiger partial charge in [0, 0.05) is 38.1 Å². The van der Waals surface area contributed by atoms with Crippen molar-refractivity contribution in [1.29, 1.82) is 0 Å². The highest BCUT2D eigenvalue weighted by molar-refractivity contribution is 5.69. The topological polar surface area (TPSA) is 61.8 Å². The molecule has 1 aliphatic heterocycles. The number of hydrogen-bond donors (Lipinski definition) is 2. The van der Waals surface area contributed by atoms with Crippen LogP contribution in [0.1, 0.15) is 33.6 Å². The lowest BCUT2D eigenvalue weighted by Gasteiger charge is -2.40. The molecule has 1 fully saturated rings. The smallest absolute Gasteiger partial charge is 0.306 e. The molecule has 0 saturated carbocycles. The van der Waals surface area contributed by atoms with E-state index in [0.717, 1.165) is 19.5 Å². The number of nitrogens with one attached hydrogen (secondary N) is 1. The van der Waals surface area contributed by atoms with Crippen LogP contribution >= 0.6 is 0 Å². The average molecular weight is 272 g/mol. The SMILES string of the molecule is CCOC(=O)CC1CC(NCCO)CN(C(C)C)C1. The van der Waals surface area contributed by atoms with Crippen LogP contribution in [0, 0.1) is 5.92 Å². The molecular formula is C14H28N2O3. The summed E-state index contributed by atoms with van der Waals surface area (Å²) in [7, 11) is 0. The summed E-state index contributed by atoms with van der Waals surface area (Å²) in [5.74, 6) is 0.241. The van der Waals surface area contributed by atoms with E-state index in [9.17, 15) is 4.79 Å². The first kappa shape index (κ1) is 16.4. The van der Waals surface area contributed by atoms with E-state index in [4.69, 9.17) is 9.84 Å². The number of likely N-dealkylation sites (tertiary alicyclic amines) is 1. The highest BCUT2D eigenvalue weighted by atomic mass is 16.5. The number of piperidine rings is 1. The van der Waals surface area contributed by atoms with Crippen molar-refractivity contribution in [2.24, 2.45) is 5.92 Å². The fraction of sp³-hybridized carbons (Fsp3) is 0.929. The zero-order valence-electron chi connectivity index (χ0n) is 12.4. The first-order valence-electron chi connectivity index (χ1n) is 7.30. The van der Waals surface area contributed by atoms with Crippen LogP contribution in [0.5, 0.6) is 0 Å². The minimum Gasteiger partial charge on any atom is -0.466 e. The number of aliphatic hydroxyl groups is 1. The van der Waals surface area contributed by atoms with Crippen molar-refractivity contribution in [1.82, 2.24) is 10.2 Å². The van der Waals surface area contributed by atoms with Crippen LogP contribution in [0.15, 0.2) is 0 Å². The van der Waals surface area contributed by atoms with E-state index < -0.39 is 0 Å². The number of aliphatic hydroxyl groups excluding tert-OH is 1. The van der Waals surface area contributed by atoms with E-state index >= 15 is 0 Å². The van der Waals surface area contributed by atoms with Crippen molar-refractivity contribution in [3.8, 4) is 0 Å². The van der Waals surface area contributed by atoms with E-state index in [-0.39, 0.29) is 12.6 Å². The van der Waals surface area contributed by atoms with Gasteiger partial charge in [-0.2, -0.15) is 0 Å². The molecule has 1 aliphatic rings. The molecular weight excluding hydrogens is 244 g/mol. The summed E-state index contributed by atoms with van der Waals surface area (Å²) in [4.78, 5) is 14.0. The van der Waals surface area contributed by atoms with Crippen LogP contribution in [-0.4, -0.2) is 60.9 Å². The van der Waals surface area contributed by atoms with Crippen LogP contribution in [0.25, 0.3) is 0 Å². The Morgan fingerprint density at radius 3 is 2.79 bits per heavy atom. The molecule has 0 aromatic heterocycles. The second-order valence-corrected chi connectivity index (χ2v) is 5.53. The summed E-state index contributed by atoms with van der Waals surface area (Å²) in [6, 6.07) is 0.825. The fourth-order valence-corrected chi connectivity index (χ4v) is 2.68. The highest BCUT2D eigenvalue weighted by Crippen LogP contribution is 2.22. The Bertz CT molecular complexity index is 271. The number of rotatable bonds is 7. The third kappa shape index (κ3) is 5.89. The van der Waals surface area contributed by atoms with Gasteiger partial charge in [0.2, 0.25) is 0 Å². The Hall–Kier alpha value is -0.650. The summed E-state index contributed by atoms with van der Waals surface area (Å²) in [6.45, 7) is 9.34. The summed E-state index contributed by atoms with van der Waals surface area (Å²) < 4.78 is 5.04. The normalized spacial score (nSPS) is 24.7. The zero-order chi connectivity index (χ0) is 14.3. The minimum absolute atomic E-state index is 0.0981. The van der Waals surface area contributed by atoms with E-state index in [1.807, 2.05) is 6.92 Å². The van der Waals surface area contributed by atoms with Gasteiger partial charge in [-0.3, -0.25) is 9.69 Å². The first-order valence-corrected chi connectivity index (χ1v) is 7.30. The van der Waals surface area contributed by atoms with Crippen molar-refractivity contribution < 1.29 is 14.6 Å². The number of carbonyl (C=O) groups excluding carboxylic acids is 1. The number of ether oxygens (including phenoxy) is 1. The number of hydrogen-bond acceptors (Lipinski definition) is 5. The van der Waals surface area contributed by atoms with Crippen LogP contribution < -0.4 is 5.32 Å². The van der Waals surface area contributed by atoms with E-state index in [1.54, 1.807) is 0 Å². The predicted molar refractivity (Wildman–Crippen MR) is 74.9 cm³/mol. The van der Waals surface area contributed by atoms with Crippen molar-refractivity contribution in [2.45, 2.75) is 45.7 Å². The van der Waals surface area contributed by atoms with Gasteiger partial charge in [-0.15, -0.1) is 0 Å². The quantitative estimate of drug-likeness (QED) is 0.665. The molecule has 0 spiro atoms. The second kappa shape index (κ2) is 8.51. The molecule has 2 atom stereocenters. The average Bonchev–Trinajstić information content (AvgIpc) is 2.36. The lowest BCUT2D eigenvalue weighted by atomic mass is 9.90. The van der Waals surface area contributed by atoms with Crippen LogP contribution in [0.2, 0.25) is 0 Å². The lowest BCUT2D eigenvalue weighted by Crippen LogP contribution is -2.52. The standard InChI is InChI=1S/C14H28N2O3/c1-4-19-14(18)8-12-7-13(15-5-6-17)10-16(9-12)11(2)3/h11-13,15,17H,4-10H2,1-3H3. The van der Waals surface area contributed by atoms with Crippen molar-refractivity contribution in [3.63, 3.8) is 0 Å². The summed E-state index contributed by atoms with van der Waals surface area (Å²) in [5.41, 5.74) is 0. The molecule has 0 bridgehead atoms. The molecule has 5 heteroatoms. The fourth-order valence-electron chi connectivity index (χ4n) is 2.68. The summed E-state index contributed by atoms with van der Waals surface area (Å²) >= 11 is 0. The number of carbonyl (C=O) groups is 1. The molecule has 0 aromatic rings. The van der Waals surface area contributed by atoms with Gasteiger partial charge in [-0.1, -0.05) is 0 Å². The van der Waals surface area contributed by atoms with Crippen LogP contribution in [0.4, 0.5) is 0 Å².